The minimum atomic E-state index is -0.422. The average Bonchev–Trinajstić information content (AvgIpc) is 2.52. The van der Waals surface area contributed by atoms with Crippen molar-refractivity contribution >= 4 is 12.0 Å². The van der Waals surface area contributed by atoms with E-state index in [9.17, 15) is 4.79 Å². The van der Waals surface area contributed by atoms with Gasteiger partial charge in [-0.15, -0.1) is 16.5 Å². The maximum absolute atomic E-state index is 11.7. The van der Waals surface area contributed by atoms with Crippen molar-refractivity contribution in [1.29, 1.82) is 5.26 Å². The summed E-state index contributed by atoms with van der Waals surface area (Å²) >= 11 is 0. The smallest absolute Gasteiger partial charge is 0.463 e. The van der Waals surface area contributed by atoms with Crippen molar-refractivity contribution in [3.05, 3.63) is 30.3 Å². The molecule has 0 unspecified atom stereocenters. The minimum absolute atomic E-state index is 0.0701. The number of carbonyl (C=O) groups is 1. The zero-order valence-electron chi connectivity index (χ0n) is 12.6. The number of nitrogens with zero attached hydrogens (tertiary/aromatic N) is 2. The Hall–Kier alpha value is -2.99. The highest BCUT2D eigenvalue weighted by Crippen LogP contribution is 2.08. The molecule has 0 atom stereocenters. The molecule has 0 radical (unpaired) electrons. The van der Waals surface area contributed by atoms with E-state index in [4.69, 9.17) is 14.7 Å². The summed E-state index contributed by atoms with van der Waals surface area (Å²) in [5.74, 6) is 5.70. The van der Waals surface area contributed by atoms with Gasteiger partial charge in [0, 0.05) is 0 Å². The van der Waals surface area contributed by atoms with Crippen LogP contribution in [0.2, 0.25) is 0 Å². The predicted octanol–water partition coefficient (Wildman–Crippen LogP) is 1.09. The van der Waals surface area contributed by atoms with Gasteiger partial charge >= 0.3 is 12.0 Å². The SMILES string of the molecule is CC#CC[N+](CC(=O)OCC)=C(NC#N)Oc1ccccc1. The van der Waals surface area contributed by atoms with Crippen LogP contribution in [0.4, 0.5) is 0 Å². The van der Waals surface area contributed by atoms with Gasteiger partial charge in [0.25, 0.3) is 6.19 Å². The number of nitrogens with one attached hydrogen (secondary N) is 1. The summed E-state index contributed by atoms with van der Waals surface area (Å²) in [6.45, 7) is 3.86. The molecule has 0 aliphatic rings. The van der Waals surface area contributed by atoms with Crippen LogP contribution in [0.5, 0.6) is 5.75 Å². The van der Waals surface area contributed by atoms with E-state index in [1.54, 1.807) is 44.3 Å². The summed E-state index contributed by atoms with van der Waals surface area (Å²) in [5.41, 5.74) is 0. The van der Waals surface area contributed by atoms with Crippen LogP contribution in [-0.2, 0) is 9.53 Å². The molecular formula is C16H18N3O3+. The van der Waals surface area contributed by atoms with Gasteiger partial charge in [0.2, 0.25) is 0 Å². The molecular weight excluding hydrogens is 282 g/mol. The molecule has 6 nitrogen and oxygen atoms in total. The van der Waals surface area contributed by atoms with Crippen LogP contribution in [0.25, 0.3) is 0 Å². The zero-order chi connectivity index (χ0) is 16.2. The number of amidine groups is 1. The summed E-state index contributed by atoms with van der Waals surface area (Å²) in [5, 5.41) is 11.3. The van der Waals surface area contributed by atoms with E-state index in [2.05, 4.69) is 17.2 Å². The first kappa shape index (κ1) is 17.1. The van der Waals surface area contributed by atoms with Crippen LogP contribution >= 0.6 is 0 Å². The van der Waals surface area contributed by atoms with Gasteiger partial charge in [-0.2, -0.15) is 0 Å². The Morgan fingerprint density at radius 2 is 2.09 bits per heavy atom. The lowest BCUT2D eigenvalue weighted by Crippen LogP contribution is -2.39. The van der Waals surface area contributed by atoms with Gasteiger partial charge in [0.1, 0.15) is 5.75 Å². The quantitative estimate of drug-likeness (QED) is 0.168. The molecule has 0 aliphatic carbocycles. The molecule has 22 heavy (non-hydrogen) atoms. The van der Waals surface area contributed by atoms with E-state index < -0.39 is 5.97 Å². The molecule has 0 saturated carbocycles. The number of ether oxygens (including phenoxy) is 2. The van der Waals surface area contributed by atoms with Crippen LogP contribution in [-0.4, -0.2) is 36.3 Å². The highest BCUT2D eigenvalue weighted by molar-refractivity contribution is 5.75. The van der Waals surface area contributed by atoms with E-state index in [-0.39, 0.29) is 25.7 Å². The molecule has 0 amide bonds. The van der Waals surface area contributed by atoms with Gasteiger partial charge < -0.3 is 9.47 Å². The Labute approximate surface area is 130 Å². The predicted molar refractivity (Wildman–Crippen MR) is 80.9 cm³/mol. The Morgan fingerprint density at radius 3 is 2.68 bits per heavy atom. The van der Waals surface area contributed by atoms with E-state index in [1.165, 1.54) is 4.58 Å². The second-order valence-corrected chi connectivity index (χ2v) is 4.04. The third kappa shape index (κ3) is 5.98. The van der Waals surface area contributed by atoms with E-state index in [1.807, 2.05) is 6.07 Å². The molecule has 0 heterocycles. The van der Waals surface area contributed by atoms with Crippen molar-refractivity contribution in [3.63, 3.8) is 0 Å². The molecule has 1 aromatic carbocycles. The standard InChI is InChI=1S/C16H17N3O3/c1-3-5-11-19(12-15(20)21-4-2)16(18-13-17)22-14-9-7-6-8-10-14/h6-10H,4,11-12H2,1-2H3/p+1. The molecule has 0 saturated heterocycles. The molecule has 0 aromatic heterocycles. The van der Waals surface area contributed by atoms with Crippen LogP contribution < -0.4 is 10.1 Å². The zero-order valence-corrected chi connectivity index (χ0v) is 12.6. The van der Waals surface area contributed by atoms with Crippen LogP contribution in [0.15, 0.2) is 30.3 Å². The number of benzene rings is 1. The second-order valence-electron chi connectivity index (χ2n) is 4.04. The highest BCUT2D eigenvalue weighted by atomic mass is 16.5. The summed E-state index contributed by atoms with van der Waals surface area (Å²) < 4.78 is 12.1. The molecule has 6 heteroatoms. The van der Waals surface area contributed by atoms with Gasteiger partial charge in [-0.1, -0.05) is 24.1 Å². The molecule has 0 fully saturated rings. The molecule has 0 bridgehead atoms. The molecule has 114 valence electrons. The Bertz CT molecular complexity index is 622. The first-order valence-electron chi connectivity index (χ1n) is 6.76. The fraction of sp³-hybridized carbons (Fsp3) is 0.312. The van der Waals surface area contributed by atoms with Crippen LogP contribution in [0.1, 0.15) is 13.8 Å². The lowest BCUT2D eigenvalue weighted by molar-refractivity contribution is -0.515. The van der Waals surface area contributed by atoms with Crippen molar-refractivity contribution in [3.8, 4) is 23.8 Å². The topological polar surface area (TPSA) is 74.4 Å². The minimum Gasteiger partial charge on any atom is -0.463 e. The van der Waals surface area contributed by atoms with Gasteiger partial charge in [0.05, 0.1) is 6.61 Å². The van der Waals surface area contributed by atoms with E-state index >= 15 is 0 Å². The number of para-hydroxylation sites is 1. The van der Waals surface area contributed by atoms with E-state index in [0.29, 0.717) is 5.75 Å². The number of hydrogen-bond acceptors (Lipinski definition) is 4. The maximum Gasteiger partial charge on any atom is 0.466 e. The molecule has 1 N–H and O–H groups in total. The maximum atomic E-state index is 11.7. The molecule has 1 rings (SSSR count). The molecule has 0 aliphatic heterocycles. The number of rotatable bonds is 5. The monoisotopic (exact) mass is 300 g/mol. The van der Waals surface area contributed by atoms with Crippen molar-refractivity contribution in [2.75, 3.05) is 19.7 Å². The number of carbonyl (C=O) groups excluding carboxylic acids is 1. The Kier molecular flexibility index (Phi) is 7.63. The van der Waals surface area contributed by atoms with Crippen LogP contribution in [0, 0.1) is 23.3 Å². The molecule has 0 spiro atoms. The Balaban J connectivity index is 3.05. The fourth-order valence-corrected chi connectivity index (χ4v) is 1.55. The first-order chi connectivity index (χ1) is 10.7. The van der Waals surface area contributed by atoms with Crippen molar-refractivity contribution in [2.45, 2.75) is 13.8 Å². The third-order valence-electron chi connectivity index (χ3n) is 2.48. The van der Waals surface area contributed by atoms with Crippen molar-refractivity contribution in [2.24, 2.45) is 0 Å². The Morgan fingerprint density at radius 1 is 1.36 bits per heavy atom. The molecule has 1 aromatic rings. The average molecular weight is 300 g/mol. The summed E-state index contributed by atoms with van der Waals surface area (Å²) in [6.07, 6.45) is 1.80. The van der Waals surface area contributed by atoms with Crippen molar-refractivity contribution < 1.29 is 18.8 Å². The van der Waals surface area contributed by atoms with Crippen molar-refractivity contribution in [1.82, 2.24) is 5.32 Å². The first-order valence-corrected chi connectivity index (χ1v) is 6.76. The van der Waals surface area contributed by atoms with E-state index in [0.717, 1.165) is 0 Å². The summed E-state index contributed by atoms with van der Waals surface area (Å²) in [6, 6.07) is 9.08. The summed E-state index contributed by atoms with van der Waals surface area (Å²) in [7, 11) is 0. The highest BCUT2D eigenvalue weighted by Gasteiger charge is 2.19. The van der Waals surface area contributed by atoms with Gasteiger partial charge in [-0.05, 0) is 26.0 Å². The number of nitriles is 1. The van der Waals surface area contributed by atoms with Gasteiger partial charge in [0.15, 0.2) is 13.1 Å². The normalized spacial score (nSPS) is 10.4. The lowest BCUT2D eigenvalue weighted by atomic mass is 10.3. The lowest BCUT2D eigenvalue weighted by Gasteiger charge is -2.08. The van der Waals surface area contributed by atoms with Gasteiger partial charge in [-0.25, -0.2) is 9.37 Å². The largest absolute Gasteiger partial charge is 0.466 e. The van der Waals surface area contributed by atoms with Crippen LogP contribution in [0.3, 0.4) is 0 Å². The second kappa shape index (κ2) is 9.84. The third-order valence-corrected chi connectivity index (χ3v) is 2.48. The summed E-state index contributed by atoms with van der Waals surface area (Å²) in [4.78, 5) is 11.7. The van der Waals surface area contributed by atoms with Gasteiger partial charge in [-0.3, -0.25) is 0 Å². The number of hydrogen-bond donors (Lipinski definition) is 1. The number of esters is 1. The fourth-order valence-electron chi connectivity index (χ4n) is 1.55.